The summed E-state index contributed by atoms with van der Waals surface area (Å²) in [5.74, 6) is 1.57. The highest BCUT2D eigenvalue weighted by atomic mass is 35.5. The predicted octanol–water partition coefficient (Wildman–Crippen LogP) is 2.09. The molecule has 0 aliphatic heterocycles. The van der Waals surface area contributed by atoms with Gasteiger partial charge in [-0.2, -0.15) is 0 Å². The first-order valence-electron chi connectivity index (χ1n) is 9.93. The monoisotopic (exact) mass is 421 g/mol. The van der Waals surface area contributed by atoms with E-state index in [1.165, 1.54) is 16.5 Å². The topological polar surface area (TPSA) is 46.3 Å². The third-order valence-corrected chi connectivity index (χ3v) is 5.07. The minimum atomic E-state index is 0. The van der Waals surface area contributed by atoms with Gasteiger partial charge in [0.1, 0.15) is 6.61 Å². The molecule has 0 radical (unpaired) electrons. The van der Waals surface area contributed by atoms with Crippen molar-refractivity contribution >= 4 is 10.9 Å². The van der Waals surface area contributed by atoms with Crippen molar-refractivity contribution in [1.29, 1.82) is 0 Å². The van der Waals surface area contributed by atoms with Gasteiger partial charge in [-0.25, -0.2) is 0 Å². The summed E-state index contributed by atoms with van der Waals surface area (Å²) in [6.07, 6.45) is 3.07. The van der Waals surface area contributed by atoms with Gasteiger partial charge in [0.25, 0.3) is 0 Å². The Morgan fingerprint density at radius 2 is 1.67 bits per heavy atom. The Balaban J connectivity index is 0.00000256. The normalized spacial score (nSPS) is 10.6. The third kappa shape index (κ3) is 5.15. The van der Waals surface area contributed by atoms with Gasteiger partial charge in [0.05, 0.1) is 7.11 Å². The number of benzene rings is 3. The van der Waals surface area contributed by atoms with E-state index in [2.05, 4.69) is 59.0 Å². The molecular weight excluding hydrogens is 396 g/mol. The lowest BCUT2D eigenvalue weighted by atomic mass is 10.1. The first kappa shape index (κ1) is 21.8. The molecule has 0 saturated carbocycles. The molecule has 4 aromatic rings. The summed E-state index contributed by atoms with van der Waals surface area (Å²) >= 11 is 0. The maximum absolute atomic E-state index is 6.14. The van der Waals surface area contributed by atoms with E-state index in [1.807, 2.05) is 30.3 Å². The maximum atomic E-state index is 6.14. The number of nitrogens with one attached hydrogen (secondary N) is 2. The lowest BCUT2D eigenvalue weighted by Gasteiger charge is -2.15. The number of ether oxygens (including phenoxy) is 2. The Morgan fingerprint density at radius 3 is 2.50 bits per heavy atom. The van der Waals surface area contributed by atoms with Gasteiger partial charge in [-0.1, -0.05) is 60.7 Å². The summed E-state index contributed by atoms with van der Waals surface area (Å²) in [5, 5.41) is 4.84. The molecule has 0 spiro atoms. The average molecular weight is 422 g/mol. The number of aromatic nitrogens is 1. The second-order valence-corrected chi connectivity index (χ2v) is 7.01. The third-order valence-electron chi connectivity index (χ3n) is 5.07. The summed E-state index contributed by atoms with van der Waals surface area (Å²) < 4.78 is 11.7. The molecule has 0 aliphatic carbocycles. The number of hydrogen-bond donors (Lipinski definition) is 2. The Morgan fingerprint density at radius 1 is 0.867 bits per heavy atom. The minimum Gasteiger partial charge on any atom is -1.00 e. The zero-order valence-electron chi connectivity index (χ0n) is 17.0. The fraction of sp³-hybridized carbons (Fsp3) is 0.200. The van der Waals surface area contributed by atoms with Crippen LogP contribution in [0.2, 0.25) is 0 Å². The molecule has 0 atom stereocenters. The van der Waals surface area contributed by atoms with Crippen LogP contribution in [0.1, 0.15) is 16.7 Å². The molecular formula is C25H26ClN2O2-. The average Bonchev–Trinajstić information content (AvgIpc) is 3.19. The Bertz CT molecular complexity index is 1060. The number of para-hydroxylation sites is 2. The zero-order valence-corrected chi connectivity index (χ0v) is 17.8. The van der Waals surface area contributed by atoms with Crippen molar-refractivity contribution < 1.29 is 21.9 Å². The van der Waals surface area contributed by atoms with E-state index in [1.54, 1.807) is 7.11 Å². The van der Waals surface area contributed by atoms with Crippen molar-refractivity contribution in [2.75, 3.05) is 13.7 Å². The fourth-order valence-electron chi connectivity index (χ4n) is 3.54. The molecule has 30 heavy (non-hydrogen) atoms. The quantitative estimate of drug-likeness (QED) is 0.407. The van der Waals surface area contributed by atoms with Crippen molar-refractivity contribution in [2.45, 2.75) is 19.6 Å². The van der Waals surface area contributed by atoms with Crippen LogP contribution in [0.25, 0.3) is 10.9 Å². The summed E-state index contributed by atoms with van der Waals surface area (Å²) in [6, 6.07) is 24.6. The zero-order chi connectivity index (χ0) is 19.9. The van der Waals surface area contributed by atoms with Gasteiger partial charge in [0.2, 0.25) is 0 Å². The predicted molar refractivity (Wildman–Crippen MR) is 117 cm³/mol. The number of halogens is 1. The SMILES string of the molecule is COc1cccc(CNCCc2c[nH]c3ccccc23)c1OCc1ccccc1.[Cl-]. The Labute approximate surface area is 183 Å². The molecule has 0 saturated heterocycles. The number of rotatable bonds is 9. The van der Waals surface area contributed by atoms with Gasteiger partial charge in [0.15, 0.2) is 11.5 Å². The summed E-state index contributed by atoms with van der Waals surface area (Å²) in [6.45, 7) is 2.13. The number of hydrogen-bond acceptors (Lipinski definition) is 3. The highest BCUT2D eigenvalue weighted by Gasteiger charge is 2.11. The van der Waals surface area contributed by atoms with Crippen LogP contribution < -0.4 is 27.2 Å². The summed E-state index contributed by atoms with van der Waals surface area (Å²) in [5.41, 5.74) is 4.75. The van der Waals surface area contributed by atoms with E-state index >= 15 is 0 Å². The number of H-pyrrole nitrogens is 1. The van der Waals surface area contributed by atoms with E-state index in [0.29, 0.717) is 6.61 Å². The van der Waals surface area contributed by atoms with Crippen molar-refractivity contribution in [3.63, 3.8) is 0 Å². The lowest BCUT2D eigenvalue weighted by Crippen LogP contribution is -3.00. The lowest BCUT2D eigenvalue weighted by molar-refractivity contribution is -0.00000638. The van der Waals surface area contributed by atoms with Crippen LogP contribution >= 0.6 is 0 Å². The van der Waals surface area contributed by atoms with Crippen LogP contribution in [0.4, 0.5) is 0 Å². The van der Waals surface area contributed by atoms with Crippen LogP contribution in [-0.2, 0) is 19.6 Å². The van der Waals surface area contributed by atoms with Crippen LogP contribution in [0.3, 0.4) is 0 Å². The molecule has 0 amide bonds. The molecule has 3 aromatic carbocycles. The molecule has 0 fully saturated rings. The first-order chi connectivity index (χ1) is 14.3. The van der Waals surface area contributed by atoms with E-state index in [0.717, 1.165) is 42.1 Å². The van der Waals surface area contributed by atoms with Gasteiger partial charge in [-0.3, -0.25) is 0 Å². The van der Waals surface area contributed by atoms with Crippen molar-refractivity contribution in [3.05, 3.63) is 95.7 Å². The Kier molecular flexibility index (Phi) is 7.77. The van der Waals surface area contributed by atoms with E-state index in [-0.39, 0.29) is 12.4 Å². The van der Waals surface area contributed by atoms with Crippen LogP contribution in [0.5, 0.6) is 11.5 Å². The van der Waals surface area contributed by atoms with Gasteiger partial charge in [-0.15, -0.1) is 0 Å². The van der Waals surface area contributed by atoms with Crippen molar-refractivity contribution in [3.8, 4) is 11.5 Å². The van der Waals surface area contributed by atoms with Crippen molar-refractivity contribution in [1.82, 2.24) is 10.3 Å². The highest BCUT2D eigenvalue weighted by Crippen LogP contribution is 2.31. The van der Waals surface area contributed by atoms with E-state index < -0.39 is 0 Å². The highest BCUT2D eigenvalue weighted by molar-refractivity contribution is 5.83. The molecule has 0 aliphatic rings. The fourth-order valence-corrected chi connectivity index (χ4v) is 3.54. The number of methoxy groups -OCH3 is 1. The molecule has 5 heteroatoms. The van der Waals surface area contributed by atoms with Crippen molar-refractivity contribution in [2.24, 2.45) is 0 Å². The van der Waals surface area contributed by atoms with Crippen LogP contribution in [-0.4, -0.2) is 18.6 Å². The summed E-state index contributed by atoms with van der Waals surface area (Å²) in [4.78, 5) is 3.34. The van der Waals surface area contributed by atoms with Crippen LogP contribution in [0.15, 0.2) is 79.0 Å². The van der Waals surface area contributed by atoms with Gasteiger partial charge >= 0.3 is 0 Å². The molecule has 156 valence electrons. The smallest absolute Gasteiger partial charge is 0.166 e. The van der Waals surface area contributed by atoms with Gasteiger partial charge < -0.3 is 32.2 Å². The molecule has 0 unspecified atom stereocenters. The number of aromatic amines is 1. The minimum absolute atomic E-state index is 0. The second-order valence-electron chi connectivity index (χ2n) is 7.01. The molecule has 2 N–H and O–H groups in total. The number of fused-ring (bicyclic) bond motifs is 1. The second kappa shape index (κ2) is 10.7. The molecule has 1 heterocycles. The molecule has 0 bridgehead atoms. The van der Waals surface area contributed by atoms with Crippen LogP contribution in [0, 0.1) is 0 Å². The molecule has 1 aromatic heterocycles. The standard InChI is InChI=1S/C25H26N2O2.ClH/c1-28-24-13-7-10-21(25(24)29-18-19-8-3-2-4-9-19)16-26-15-14-20-17-27-23-12-6-5-11-22(20)23;/h2-13,17,26-27H,14-16,18H2,1H3;1H/p-1. The Hall–Kier alpha value is -2.95. The molecule has 4 rings (SSSR count). The van der Waals surface area contributed by atoms with E-state index in [4.69, 9.17) is 9.47 Å². The largest absolute Gasteiger partial charge is 1.00 e. The van der Waals surface area contributed by atoms with Gasteiger partial charge in [-0.05, 0) is 36.2 Å². The van der Waals surface area contributed by atoms with Gasteiger partial charge in [0, 0.05) is 29.2 Å². The maximum Gasteiger partial charge on any atom is 0.166 e. The molecule has 4 nitrogen and oxygen atoms in total. The van der Waals surface area contributed by atoms with E-state index in [9.17, 15) is 0 Å². The summed E-state index contributed by atoms with van der Waals surface area (Å²) in [7, 11) is 1.68. The first-order valence-corrected chi connectivity index (χ1v) is 9.93.